The first-order valence-corrected chi connectivity index (χ1v) is 8.22. The highest BCUT2D eigenvalue weighted by Crippen LogP contribution is 2.26. The van der Waals surface area contributed by atoms with Gasteiger partial charge in [0.05, 0.1) is 20.2 Å². The van der Waals surface area contributed by atoms with Crippen LogP contribution < -0.4 is 15.0 Å². The Morgan fingerprint density at radius 2 is 2.19 bits per heavy atom. The summed E-state index contributed by atoms with van der Waals surface area (Å²) in [6.45, 7) is 9.02. The Balaban J connectivity index is 1.46. The minimum atomic E-state index is 0.770. The van der Waals surface area contributed by atoms with Crippen molar-refractivity contribution in [2.24, 2.45) is 11.8 Å². The van der Waals surface area contributed by atoms with Crippen molar-refractivity contribution < 1.29 is 15.0 Å². The molecule has 3 N–H and O–H groups in total. The van der Waals surface area contributed by atoms with Crippen molar-refractivity contribution in [1.82, 2.24) is 0 Å². The van der Waals surface area contributed by atoms with Crippen LogP contribution in [0.15, 0.2) is 36.9 Å². The summed E-state index contributed by atoms with van der Waals surface area (Å²) in [4.78, 5) is 1.81. The molecule has 21 heavy (non-hydrogen) atoms. The highest BCUT2D eigenvalue weighted by atomic mass is 16.5. The fourth-order valence-corrected chi connectivity index (χ4v) is 4.10. The molecular weight excluding hydrogens is 260 g/mol. The summed E-state index contributed by atoms with van der Waals surface area (Å²) in [7, 11) is 1.72. The van der Waals surface area contributed by atoms with E-state index in [9.17, 15) is 0 Å². The van der Waals surface area contributed by atoms with Crippen LogP contribution in [-0.4, -0.2) is 32.8 Å². The minimum Gasteiger partial charge on any atom is -0.497 e. The molecule has 3 aliphatic rings. The van der Waals surface area contributed by atoms with Gasteiger partial charge in [0.1, 0.15) is 24.9 Å². The molecule has 0 radical (unpaired) electrons. The zero-order chi connectivity index (χ0) is 14.7. The molecule has 3 heteroatoms. The Labute approximate surface area is 128 Å². The van der Waals surface area contributed by atoms with Crippen LogP contribution in [0.25, 0.3) is 0 Å². The number of nitrogens with one attached hydrogen (secondary N) is 1. The molecule has 2 bridgehead atoms. The van der Waals surface area contributed by atoms with Gasteiger partial charge in [-0.3, -0.25) is 0 Å². The molecule has 1 aromatic carbocycles. The van der Waals surface area contributed by atoms with Gasteiger partial charge in [-0.25, -0.2) is 0 Å². The summed E-state index contributed by atoms with van der Waals surface area (Å²) in [5.74, 6) is 2.61. The van der Waals surface area contributed by atoms with E-state index in [1.54, 1.807) is 7.11 Å². The van der Waals surface area contributed by atoms with Gasteiger partial charge < -0.3 is 15.0 Å². The maximum Gasteiger partial charge on any atom is 0.137 e. The number of piperidine rings is 3. The second-order valence-electron chi connectivity index (χ2n) is 6.57. The molecule has 1 aromatic rings. The molecule has 3 heterocycles. The van der Waals surface area contributed by atoms with Gasteiger partial charge in [-0.05, 0) is 30.2 Å². The first-order valence-electron chi connectivity index (χ1n) is 8.22. The summed E-state index contributed by atoms with van der Waals surface area (Å²) in [5, 5.41) is 2.48. The lowest BCUT2D eigenvalue weighted by molar-refractivity contribution is -0.958. The van der Waals surface area contributed by atoms with Gasteiger partial charge >= 0.3 is 0 Å². The van der Waals surface area contributed by atoms with Crippen molar-refractivity contribution in [2.75, 3.05) is 26.7 Å². The average molecular weight is 288 g/mol. The number of hydrogen-bond acceptors (Lipinski definition) is 1. The smallest absolute Gasteiger partial charge is 0.137 e. The molecular formula is C18H28N2O+2. The van der Waals surface area contributed by atoms with Crippen LogP contribution in [0.4, 0.5) is 0 Å². The van der Waals surface area contributed by atoms with E-state index in [1.165, 1.54) is 38.0 Å². The van der Waals surface area contributed by atoms with Crippen LogP contribution in [0.5, 0.6) is 5.75 Å². The minimum absolute atomic E-state index is 0.770. The lowest BCUT2D eigenvalue weighted by atomic mass is 9.75. The Morgan fingerprint density at radius 3 is 2.81 bits per heavy atom. The number of methoxy groups -OCH3 is 1. The molecule has 0 spiro atoms. The number of fused-ring (bicyclic) bond motifs is 3. The lowest BCUT2D eigenvalue weighted by Gasteiger charge is -2.45. The van der Waals surface area contributed by atoms with Crippen molar-refractivity contribution in [3.63, 3.8) is 0 Å². The van der Waals surface area contributed by atoms with E-state index in [0.717, 1.165) is 30.2 Å². The van der Waals surface area contributed by atoms with Gasteiger partial charge in [-0.1, -0.05) is 6.08 Å². The molecule has 3 nitrogen and oxygen atoms in total. The highest BCUT2D eigenvalue weighted by Gasteiger charge is 2.42. The molecule has 4 rings (SSSR count). The monoisotopic (exact) mass is 288 g/mol. The number of quaternary nitrogens is 2. The normalized spacial score (nSPS) is 31.1. The van der Waals surface area contributed by atoms with Gasteiger partial charge in [0.2, 0.25) is 0 Å². The van der Waals surface area contributed by atoms with E-state index in [0.29, 0.717) is 0 Å². The van der Waals surface area contributed by atoms with Crippen LogP contribution in [-0.2, 0) is 6.54 Å². The third kappa shape index (κ3) is 3.30. The van der Waals surface area contributed by atoms with Crippen molar-refractivity contribution in [2.45, 2.75) is 25.4 Å². The summed E-state index contributed by atoms with van der Waals surface area (Å²) >= 11 is 0. The molecule has 4 atom stereocenters. The fourth-order valence-electron chi connectivity index (χ4n) is 4.10. The molecule has 114 valence electrons. The molecule has 0 saturated carbocycles. The summed E-state index contributed by atoms with van der Waals surface area (Å²) in [6.07, 6.45) is 4.99. The molecule has 1 unspecified atom stereocenters. The number of rotatable bonds is 6. The van der Waals surface area contributed by atoms with E-state index >= 15 is 0 Å². The maximum atomic E-state index is 5.20. The van der Waals surface area contributed by atoms with Gasteiger partial charge in [0.25, 0.3) is 0 Å². The number of nitrogens with two attached hydrogens (primary N) is 1. The van der Waals surface area contributed by atoms with Crippen molar-refractivity contribution in [3.05, 3.63) is 42.5 Å². The van der Waals surface area contributed by atoms with Gasteiger partial charge in [-0.15, -0.1) is 6.58 Å². The Morgan fingerprint density at radius 1 is 1.38 bits per heavy atom. The van der Waals surface area contributed by atoms with Crippen LogP contribution >= 0.6 is 0 Å². The third-order valence-electron chi connectivity index (χ3n) is 5.40. The van der Waals surface area contributed by atoms with Gasteiger partial charge in [0.15, 0.2) is 0 Å². The Hall–Kier alpha value is -1.32. The van der Waals surface area contributed by atoms with Crippen LogP contribution in [0.3, 0.4) is 0 Å². The molecule has 3 saturated heterocycles. The first kappa shape index (κ1) is 14.6. The molecule has 3 aliphatic heterocycles. The third-order valence-corrected chi connectivity index (χ3v) is 5.40. The fraction of sp³-hybridized carbons (Fsp3) is 0.556. The van der Waals surface area contributed by atoms with E-state index in [1.807, 2.05) is 4.90 Å². The largest absolute Gasteiger partial charge is 0.497 e. The van der Waals surface area contributed by atoms with E-state index in [-0.39, 0.29) is 0 Å². The summed E-state index contributed by atoms with van der Waals surface area (Å²) in [5.41, 5.74) is 1.38. The highest BCUT2D eigenvalue weighted by molar-refractivity contribution is 5.26. The average Bonchev–Trinajstić information content (AvgIpc) is 2.56. The van der Waals surface area contributed by atoms with Crippen molar-refractivity contribution in [1.29, 1.82) is 0 Å². The number of benzene rings is 1. The number of ether oxygens (including phenoxy) is 1. The van der Waals surface area contributed by atoms with Gasteiger partial charge in [-0.2, -0.15) is 0 Å². The van der Waals surface area contributed by atoms with Gasteiger partial charge in [0, 0.05) is 24.3 Å². The molecule has 0 amide bonds. The second kappa shape index (κ2) is 6.63. The Bertz CT molecular complexity index is 471. The number of hydrogen-bond donors (Lipinski definition) is 2. The van der Waals surface area contributed by atoms with Crippen molar-refractivity contribution in [3.8, 4) is 5.75 Å². The van der Waals surface area contributed by atoms with E-state index in [2.05, 4.69) is 42.2 Å². The second-order valence-corrected chi connectivity index (χ2v) is 6.57. The summed E-state index contributed by atoms with van der Waals surface area (Å²) in [6, 6.07) is 9.29. The first-order chi connectivity index (χ1) is 10.3. The summed E-state index contributed by atoms with van der Waals surface area (Å²) < 4.78 is 5.20. The van der Waals surface area contributed by atoms with E-state index < -0.39 is 0 Å². The quantitative estimate of drug-likeness (QED) is 0.722. The molecule has 0 aliphatic carbocycles. The maximum absolute atomic E-state index is 5.20. The topological polar surface area (TPSA) is 30.3 Å². The van der Waals surface area contributed by atoms with Crippen LogP contribution in [0.1, 0.15) is 18.4 Å². The van der Waals surface area contributed by atoms with Crippen LogP contribution in [0, 0.1) is 11.8 Å². The molecule has 3 fully saturated rings. The zero-order valence-corrected chi connectivity index (χ0v) is 13.1. The Kier molecular flexibility index (Phi) is 4.61. The predicted octanol–water partition coefficient (Wildman–Crippen LogP) is 0.238. The van der Waals surface area contributed by atoms with Crippen molar-refractivity contribution >= 4 is 0 Å². The molecule has 0 aromatic heterocycles. The standard InChI is InChI=1S/C18H26N2O/c1-3-15-13-20-9-8-16(15)10-17(20)12-19-11-14-4-6-18(21-2)7-5-14/h3-7,15-17,19H,1,8-13H2,2H3/p+2/t15-,16-,17+/m0/s1. The SMILES string of the molecule is C=C[C@H]1C[NH+]2CC[C@H]1C[C@@H]2C[NH2+]Cc1ccc(OC)cc1. The zero-order valence-electron chi connectivity index (χ0n) is 13.1. The van der Waals surface area contributed by atoms with Crippen LogP contribution in [0.2, 0.25) is 0 Å². The lowest BCUT2D eigenvalue weighted by Crippen LogP contribution is -3.21. The van der Waals surface area contributed by atoms with E-state index in [4.69, 9.17) is 4.74 Å². The predicted molar refractivity (Wildman–Crippen MR) is 84.4 cm³/mol.